The Morgan fingerprint density at radius 2 is 1.64 bits per heavy atom. The van der Waals surface area contributed by atoms with Crippen LogP contribution in [-0.4, -0.2) is 32.2 Å². The van der Waals surface area contributed by atoms with Crippen molar-refractivity contribution in [2.45, 2.75) is 53.9 Å². The molecule has 7 rings (SSSR count). The van der Waals surface area contributed by atoms with Gasteiger partial charge in [-0.15, -0.1) is 11.8 Å². The lowest BCUT2D eigenvalue weighted by Gasteiger charge is -2.56. The molecular formula is C25H27FN2O3S2. The summed E-state index contributed by atoms with van der Waals surface area (Å²) in [5.74, 6) is 2.21. The number of carbonyl (C=O) groups excluding carboxylic acids is 1. The Labute approximate surface area is 198 Å². The fourth-order valence-corrected chi connectivity index (χ4v) is 9.52. The molecule has 5 aliphatic rings. The van der Waals surface area contributed by atoms with Crippen molar-refractivity contribution >= 4 is 33.4 Å². The SMILES string of the molecule is O=C(NC12CC3CC(CC(C3)C1)C2)c1ccc2c(c1)N(S(=O)(=O)c1ccc(F)cc1)CCS2. The number of nitrogens with zero attached hydrogens (tertiary/aromatic N) is 1. The number of benzene rings is 2. The first-order chi connectivity index (χ1) is 15.8. The molecule has 0 radical (unpaired) electrons. The summed E-state index contributed by atoms with van der Waals surface area (Å²) in [5.41, 5.74) is 0.913. The molecule has 2 aromatic rings. The van der Waals surface area contributed by atoms with E-state index in [0.29, 0.717) is 23.5 Å². The molecule has 0 spiro atoms. The van der Waals surface area contributed by atoms with E-state index < -0.39 is 15.8 Å². The van der Waals surface area contributed by atoms with Crippen LogP contribution in [0.3, 0.4) is 0 Å². The van der Waals surface area contributed by atoms with Crippen LogP contribution in [0.25, 0.3) is 0 Å². The first kappa shape index (κ1) is 21.5. The number of hydrogen-bond acceptors (Lipinski definition) is 4. The van der Waals surface area contributed by atoms with Gasteiger partial charge < -0.3 is 5.32 Å². The fraction of sp³-hybridized carbons (Fsp3) is 0.480. The van der Waals surface area contributed by atoms with E-state index in [4.69, 9.17) is 0 Å². The third kappa shape index (κ3) is 3.75. The third-order valence-electron chi connectivity index (χ3n) is 7.86. The van der Waals surface area contributed by atoms with E-state index in [9.17, 15) is 17.6 Å². The van der Waals surface area contributed by atoms with E-state index in [1.807, 2.05) is 6.07 Å². The molecule has 1 heterocycles. The van der Waals surface area contributed by atoms with Crippen molar-refractivity contribution in [2.75, 3.05) is 16.6 Å². The van der Waals surface area contributed by atoms with Crippen LogP contribution in [0.15, 0.2) is 52.3 Å². The molecule has 0 unspecified atom stereocenters. The molecule has 33 heavy (non-hydrogen) atoms. The molecule has 4 fully saturated rings. The molecule has 4 aliphatic carbocycles. The zero-order valence-electron chi connectivity index (χ0n) is 18.3. The first-order valence-electron chi connectivity index (χ1n) is 11.7. The van der Waals surface area contributed by atoms with Crippen molar-refractivity contribution in [2.24, 2.45) is 17.8 Å². The Balaban J connectivity index is 1.29. The van der Waals surface area contributed by atoms with Crippen LogP contribution < -0.4 is 9.62 Å². The van der Waals surface area contributed by atoms with E-state index in [-0.39, 0.29) is 16.3 Å². The Morgan fingerprint density at radius 3 is 2.27 bits per heavy atom. The van der Waals surface area contributed by atoms with E-state index >= 15 is 0 Å². The second-order valence-corrected chi connectivity index (χ2v) is 13.2. The Bertz CT molecular complexity index is 1180. The lowest BCUT2D eigenvalue weighted by atomic mass is 9.53. The molecule has 1 aliphatic heterocycles. The van der Waals surface area contributed by atoms with Crippen molar-refractivity contribution in [3.8, 4) is 0 Å². The van der Waals surface area contributed by atoms with Crippen molar-refractivity contribution < 1.29 is 17.6 Å². The van der Waals surface area contributed by atoms with Gasteiger partial charge in [0.1, 0.15) is 5.82 Å². The summed E-state index contributed by atoms with van der Waals surface area (Å²) in [4.78, 5) is 14.2. The van der Waals surface area contributed by atoms with Gasteiger partial charge in [0.05, 0.1) is 10.6 Å². The summed E-state index contributed by atoms with van der Waals surface area (Å²) in [6.07, 6.45) is 7.12. The molecule has 8 heteroatoms. The maximum Gasteiger partial charge on any atom is 0.264 e. The first-order valence-corrected chi connectivity index (χ1v) is 14.1. The maximum atomic E-state index is 13.4. The molecule has 0 saturated heterocycles. The van der Waals surface area contributed by atoms with Crippen LogP contribution in [0.1, 0.15) is 48.9 Å². The summed E-state index contributed by atoms with van der Waals surface area (Å²) >= 11 is 1.58. The molecule has 0 aromatic heterocycles. The number of thioether (sulfide) groups is 1. The number of hydrogen-bond donors (Lipinski definition) is 1. The van der Waals surface area contributed by atoms with Crippen LogP contribution in [0.4, 0.5) is 10.1 Å². The molecular weight excluding hydrogens is 459 g/mol. The number of fused-ring (bicyclic) bond motifs is 1. The quantitative estimate of drug-likeness (QED) is 0.673. The predicted molar refractivity (Wildman–Crippen MR) is 126 cm³/mol. The normalized spacial score (nSPS) is 30.2. The summed E-state index contributed by atoms with van der Waals surface area (Å²) in [7, 11) is -3.86. The highest BCUT2D eigenvalue weighted by atomic mass is 32.2. The second-order valence-electron chi connectivity index (χ2n) is 10.2. The average Bonchev–Trinajstić information content (AvgIpc) is 2.77. The largest absolute Gasteiger partial charge is 0.347 e. The number of carbonyl (C=O) groups is 1. The Hall–Kier alpha value is -2.06. The fourth-order valence-electron chi connectivity index (χ4n) is 6.89. The molecule has 5 nitrogen and oxygen atoms in total. The predicted octanol–water partition coefficient (Wildman–Crippen LogP) is 4.83. The molecule has 174 valence electrons. The molecule has 2 aromatic carbocycles. The number of halogens is 1. The van der Waals surface area contributed by atoms with Gasteiger partial charge in [-0.1, -0.05) is 0 Å². The highest BCUT2D eigenvalue weighted by Crippen LogP contribution is 2.55. The van der Waals surface area contributed by atoms with Crippen LogP contribution in [0, 0.1) is 23.6 Å². The van der Waals surface area contributed by atoms with Gasteiger partial charge in [-0.05, 0) is 98.7 Å². The smallest absolute Gasteiger partial charge is 0.264 e. The molecule has 1 N–H and O–H groups in total. The average molecular weight is 487 g/mol. The second kappa shape index (κ2) is 7.73. The van der Waals surface area contributed by atoms with Crippen molar-refractivity contribution in [1.29, 1.82) is 0 Å². The Morgan fingerprint density at radius 1 is 1.00 bits per heavy atom. The van der Waals surface area contributed by atoms with Gasteiger partial charge >= 0.3 is 0 Å². The van der Waals surface area contributed by atoms with Crippen molar-refractivity contribution in [1.82, 2.24) is 5.32 Å². The van der Waals surface area contributed by atoms with Crippen LogP contribution in [0.2, 0.25) is 0 Å². The van der Waals surface area contributed by atoms with Crippen LogP contribution in [-0.2, 0) is 10.0 Å². The number of amides is 1. The van der Waals surface area contributed by atoms with Gasteiger partial charge in [-0.3, -0.25) is 9.10 Å². The van der Waals surface area contributed by atoms with E-state index in [2.05, 4.69) is 5.32 Å². The van der Waals surface area contributed by atoms with Gasteiger partial charge in [-0.25, -0.2) is 12.8 Å². The van der Waals surface area contributed by atoms with Crippen molar-refractivity contribution in [3.63, 3.8) is 0 Å². The van der Waals surface area contributed by atoms with Gasteiger partial charge in [0.25, 0.3) is 15.9 Å². The van der Waals surface area contributed by atoms with E-state index in [1.54, 1.807) is 23.9 Å². The minimum atomic E-state index is -3.86. The number of nitrogens with one attached hydrogen (secondary N) is 1. The van der Waals surface area contributed by atoms with Gasteiger partial charge in [-0.2, -0.15) is 0 Å². The van der Waals surface area contributed by atoms with E-state index in [1.165, 1.54) is 35.7 Å². The lowest BCUT2D eigenvalue weighted by Crippen LogP contribution is -2.59. The van der Waals surface area contributed by atoms with Gasteiger partial charge in [0.2, 0.25) is 0 Å². The summed E-state index contributed by atoms with van der Waals surface area (Å²) in [6, 6.07) is 10.2. The molecule has 4 saturated carbocycles. The molecule has 1 amide bonds. The zero-order valence-corrected chi connectivity index (χ0v) is 19.9. The molecule has 0 atom stereocenters. The van der Waals surface area contributed by atoms with Gasteiger partial charge in [0, 0.05) is 28.3 Å². The summed E-state index contributed by atoms with van der Waals surface area (Å²) < 4.78 is 41.4. The minimum Gasteiger partial charge on any atom is -0.347 e. The topological polar surface area (TPSA) is 66.5 Å². The minimum absolute atomic E-state index is 0.0465. The lowest BCUT2D eigenvalue weighted by molar-refractivity contribution is -0.0167. The number of rotatable bonds is 4. The summed E-state index contributed by atoms with van der Waals surface area (Å²) in [5, 5.41) is 3.38. The van der Waals surface area contributed by atoms with Crippen LogP contribution in [0.5, 0.6) is 0 Å². The number of sulfonamides is 1. The highest BCUT2D eigenvalue weighted by Gasteiger charge is 2.51. The highest BCUT2D eigenvalue weighted by molar-refractivity contribution is 8.00. The standard InChI is InChI=1S/C25H27FN2O3S2/c26-20-2-4-21(5-3-20)33(30,31)28-7-8-32-23-6-1-19(12-22(23)28)24(29)27-25-13-16-9-17(14-25)11-18(10-16)15-25/h1-6,12,16-18H,7-11,13-15H2,(H,27,29). The number of anilines is 1. The van der Waals surface area contributed by atoms with E-state index in [0.717, 1.165) is 54.0 Å². The zero-order chi connectivity index (χ0) is 22.8. The molecule has 4 bridgehead atoms. The van der Waals surface area contributed by atoms with Gasteiger partial charge in [0.15, 0.2) is 0 Å². The Kier molecular flexibility index (Phi) is 5.03. The third-order valence-corrected chi connectivity index (χ3v) is 10.7. The maximum absolute atomic E-state index is 13.4. The monoisotopic (exact) mass is 486 g/mol. The summed E-state index contributed by atoms with van der Waals surface area (Å²) in [6.45, 7) is 0.303. The van der Waals surface area contributed by atoms with Crippen molar-refractivity contribution in [3.05, 3.63) is 53.8 Å². The van der Waals surface area contributed by atoms with Crippen LogP contribution >= 0.6 is 11.8 Å².